The van der Waals surface area contributed by atoms with Gasteiger partial charge in [0.25, 0.3) is 5.91 Å². The molecule has 0 spiro atoms. The van der Waals surface area contributed by atoms with Crippen molar-refractivity contribution in [3.8, 4) is 0 Å². The summed E-state index contributed by atoms with van der Waals surface area (Å²) in [6, 6.07) is 26.3. The SMILES string of the molecule is O=C(NC1CCCC[C@H]1N(Cc1ccc(Cl)cc1)C(=O)c1ccccc1)C1CCCN(C(=O)/C=C/c2ccccc2)C1. The van der Waals surface area contributed by atoms with Gasteiger partial charge in [0.2, 0.25) is 11.8 Å². The number of likely N-dealkylation sites (tertiary alicyclic amines) is 1. The van der Waals surface area contributed by atoms with Crippen LogP contribution in [0.1, 0.15) is 60.0 Å². The fraction of sp³-hybridized carbons (Fsp3) is 0.343. The third-order valence-corrected chi connectivity index (χ3v) is 8.58. The number of carbonyl (C=O) groups is 3. The lowest BCUT2D eigenvalue weighted by Crippen LogP contribution is -2.56. The zero-order valence-electron chi connectivity index (χ0n) is 23.8. The first kappa shape index (κ1) is 29.6. The van der Waals surface area contributed by atoms with Crippen LogP contribution >= 0.6 is 11.6 Å². The Morgan fingerprint density at radius 1 is 0.857 bits per heavy atom. The summed E-state index contributed by atoms with van der Waals surface area (Å²) in [5.41, 5.74) is 2.59. The summed E-state index contributed by atoms with van der Waals surface area (Å²) >= 11 is 6.13. The van der Waals surface area contributed by atoms with Crippen LogP contribution in [0.25, 0.3) is 6.08 Å². The van der Waals surface area contributed by atoms with Crippen molar-refractivity contribution in [1.29, 1.82) is 0 Å². The number of hydrogen-bond acceptors (Lipinski definition) is 3. The van der Waals surface area contributed by atoms with Gasteiger partial charge < -0.3 is 15.1 Å². The summed E-state index contributed by atoms with van der Waals surface area (Å²) < 4.78 is 0. The van der Waals surface area contributed by atoms with E-state index < -0.39 is 0 Å². The quantitative estimate of drug-likeness (QED) is 0.314. The van der Waals surface area contributed by atoms with Gasteiger partial charge in [-0.2, -0.15) is 0 Å². The van der Waals surface area contributed by atoms with E-state index in [1.54, 1.807) is 11.0 Å². The second-order valence-electron chi connectivity index (χ2n) is 11.3. The molecule has 0 aromatic heterocycles. The lowest BCUT2D eigenvalue weighted by molar-refractivity contribution is -0.132. The Labute approximate surface area is 253 Å². The Bertz CT molecular complexity index is 1380. The zero-order valence-corrected chi connectivity index (χ0v) is 24.6. The minimum absolute atomic E-state index is 0.0324. The van der Waals surface area contributed by atoms with Crippen LogP contribution in [0.15, 0.2) is 91.0 Å². The van der Waals surface area contributed by atoms with Gasteiger partial charge in [0, 0.05) is 42.3 Å². The monoisotopic (exact) mass is 583 g/mol. The van der Waals surface area contributed by atoms with E-state index in [1.807, 2.05) is 95.9 Å². The maximum Gasteiger partial charge on any atom is 0.254 e. The van der Waals surface area contributed by atoms with Crippen LogP contribution in [0, 0.1) is 5.92 Å². The maximum absolute atomic E-state index is 13.9. The minimum atomic E-state index is -0.273. The third kappa shape index (κ3) is 7.68. The van der Waals surface area contributed by atoms with Crippen LogP contribution in [0.3, 0.4) is 0 Å². The van der Waals surface area contributed by atoms with E-state index in [9.17, 15) is 14.4 Å². The molecule has 0 radical (unpaired) electrons. The molecule has 2 unspecified atom stereocenters. The molecule has 3 atom stereocenters. The Morgan fingerprint density at radius 3 is 2.29 bits per heavy atom. The molecule has 5 rings (SSSR count). The van der Waals surface area contributed by atoms with Crippen molar-refractivity contribution in [2.75, 3.05) is 13.1 Å². The Balaban J connectivity index is 1.29. The summed E-state index contributed by atoms with van der Waals surface area (Å²) in [5, 5.41) is 3.98. The lowest BCUT2D eigenvalue weighted by atomic mass is 9.87. The van der Waals surface area contributed by atoms with Crippen molar-refractivity contribution < 1.29 is 14.4 Å². The van der Waals surface area contributed by atoms with Gasteiger partial charge >= 0.3 is 0 Å². The Hall–Kier alpha value is -3.90. The van der Waals surface area contributed by atoms with E-state index in [-0.39, 0.29) is 35.7 Å². The highest BCUT2D eigenvalue weighted by Crippen LogP contribution is 2.28. The number of benzene rings is 3. The number of amides is 3. The third-order valence-electron chi connectivity index (χ3n) is 8.33. The molecule has 1 aliphatic carbocycles. The molecule has 7 heteroatoms. The fourth-order valence-corrected chi connectivity index (χ4v) is 6.18. The zero-order chi connectivity index (χ0) is 29.3. The summed E-state index contributed by atoms with van der Waals surface area (Å²) in [6.45, 7) is 1.48. The standard InChI is InChI=1S/C35H38ClN3O3/c36-30-20-17-27(18-21-30)24-39(35(42)28-12-5-2-6-13-28)32-16-8-7-15-31(32)37-34(41)29-14-9-23-38(25-29)33(40)22-19-26-10-3-1-4-11-26/h1-6,10-13,17-22,29,31-32H,7-9,14-16,23-25H2,(H,37,41)/b22-19+/t29?,31?,32-/m1/s1. The number of halogens is 1. The van der Waals surface area contributed by atoms with E-state index in [1.165, 1.54) is 0 Å². The van der Waals surface area contributed by atoms with E-state index in [0.717, 1.165) is 49.7 Å². The highest BCUT2D eigenvalue weighted by Gasteiger charge is 2.36. The summed E-state index contributed by atoms with van der Waals surface area (Å²) in [6.07, 6.45) is 8.56. The Kier molecular flexibility index (Phi) is 10.1. The van der Waals surface area contributed by atoms with Crippen LogP contribution in [-0.2, 0) is 16.1 Å². The van der Waals surface area contributed by atoms with Gasteiger partial charge in [-0.1, -0.05) is 85.1 Å². The van der Waals surface area contributed by atoms with Gasteiger partial charge in [0.1, 0.15) is 0 Å². The van der Waals surface area contributed by atoms with Crippen LogP contribution in [-0.4, -0.2) is 52.7 Å². The molecule has 3 aromatic carbocycles. The molecule has 1 N–H and O–H groups in total. The van der Waals surface area contributed by atoms with E-state index >= 15 is 0 Å². The molecule has 1 saturated heterocycles. The van der Waals surface area contributed by atoms with Crippen LogP contribution < -0.4 is 5.32 Å². The molecule has 1 heterocycles. The average molecular weight is 584 g/mol. The first-order valence-electron chi connectivity index (χ1n) is 14.9. The van der Waals surface area contributed by atoms with Crippen LogP contribution in [0.4, 0.5) is 0 Å². The van der Waals surface area contributed by atoms with Crippen molar-refractivity contribution >= 4 is 35.4 Å². The molecular weight excluding hydrogens is 546 g/mol. The van der Waals surface area contributed by atoms with Crippen LogP contribution in [0.5, 0.6) is 0 Å². The predicted molar refractivity (Wildman–Crippen MR) is 167 cm³/mol. The average Bonchev–Trinajstić information content (AvgIpc) is 3.04. The maximum atomic E-state index is 13.9. The van der Waals surface area contributed by atoms with E-state index in [2.05, 4.69) is 5.32 Å². The molecule has 1 aliphatic heterocycles. The van der Waals surface area contributed by atoms with Crippen molar-refractivity contribution in [3.63, 3.8) is 0 Å². The molecular formula is C35H38ClN3O3. The van der Waals surface area contributed by atoms with Crippen molar-refractivity contribution in [2.24, 2.45) is 5.92 Å². The molecule has 2 aliphatic rings. The first-order valence-corrected chi connectivity index (χ1v) is 15.3. The summed E-state index contributed by atoms with van der Waals surface area (Å²) in [7, 11) is 0. The second-order valence-corrected chi connectivity index (χ2v) is 11.7. The Morgan fingerprint density at radius 2 is 1.55 bits per heavy atom. The first-order chi connectivity index (χ1) is 20.5. The van der Waals surface area contributed by atoms with Gasteiger partial charge in [-0.15, -0.1) is 0 Å². The normalized spacial score (nSPS) is 20.7. The number of nitrogens with zero attached hydrogens (tertiary/aromatic N) is 2. The smallest absolute Gasteiger partial charge is 0.254 e. The number of piperidine rings is 1. The van der Waals surface area contributed by atoms with E-state index in [4.69, 9.17) is 11.6 Å². The van der Waals surface area contributed by atoms with Crippen molar-refractivity contribution in [1.82, 2.24) is 15.1 Å². The molecule has 3 aromatic rings. The van der Waals surface area contributed by atoms with Gasteiger partial charge in [-0.3, -0.25) is 14.4 Å². The van der Waals surface area contributed by atoms with Gasteiger partial charge in [0.05, 0.1) is 12.0 Å². The highest BCUT2D eigenvalue weighted by molar-refractivity contribution is 6.30. The number of carbonyl (C=O) groups excluding carboxylic acids is 3. The van der Waals surface area contributed by atoms with E-state index in [0.29, 0.717) is 30.2 Å². The minimum Gasteiger partial charge on any atom is -0.351 e. The van der Waals surface area contributed by atoms with Gasteiger partial charge in [0.15, 0.2) is 0 Å². The molecule has 218 valence electrons. The topological polar surface area (TPSA) is 69.7 Å². The van der Waals surface area contributed by atoms with Gasteiger partial charge in [-0.25, -0.2) is 0 Å². The molecule has 1 saturated carbocycles. The number of hydrogen-bond donors (Lipinski definition) is 1. The molecule has 0 bridgehead atoms. The molecule has 6 nitrogen and oxygen atoms in total. The molecule has 3 amide bonds. The molecule has 42 heavy (non-hydrogen) atoms. The summed E-state index contributed by atoms with van der Waals surface area (Å²) in [4.78, 5) is 44.1. The number of rotatable bonds is 8. The molecule has 2 fully saturated rings. The fourth-order valence-electron chi connectivity index (χ4n) is 6.05. The summed E-state index contributed by atoms with van der Waals surface area (Å²) in [5.74, 6) is -0.425. The lowest BCUT2D eigenvalue weighted by Gasteiger charge is -2.41. The van der Waals surface area contributed by atoms with Crippen LogP contribution in [0.2, 0.25) is 5.02 Å². The second kappa shape index (κ2) is 14.3. The van der Waals surface area contributed by atoms with Crippen molar-refractivity contribution in [2.45, 2.75) is 57.2 Å². The largest absolute Gasteiger partial charge is 0.351 e. The highest BCUT2D eigenvalue weighted by atomic mass is 35.5. The van der Waals surface area contributed by atoms with Gasteiger partial charge in [-0.05, 0) is 67.2 Å². The van der Waals surface area contributed by atoms with Crippen molar-refractivity contribution in [3.05, 3.63) is 113 Å². The predicted octanol–water partition coefficient (Wildman–Crippen LogP) is 6.36. The number of nitrogens with one attached hydrogen (secondary N) is 1.